The van der Waals surface area contributed by atoms with E-state index in [2.05, 4.69) is 41.6 Å². The van der Waals surface area contributed by atoms with Gasteiger partial charge in [-0.25, -0.2) is 4.98 Å². The molecule has 0 saturated heterocycles. The Morgan fingerprint density at radius 3 is 2.18 bits per heavy atom. The van der Waals surface area contributed by atoms with Crippen LogP contribution >= 0.6 is 23.5 Å². The lowest BCUT2D eigenvalue weighted by molar-refractivity contribution is 1.27. The third-order valence-corrected chi connectivity index (χ3v) is 3.89. The monoisotopic (exact) mass is 262 g/mol. The Morgan fingerprint density at radius 2 is 1.59 bits per heavy atom. The molecule has 0 aliphatic heterocycles. The molecular formula is C13H14N2S2. The number of benzene rings is 1. The summed E-state index contributed by atoms with van der Waals surface area (Å²) in [5, 5.41) is 0. The van der Waals surface area contributed by atoms with E-state index in [1.165, 1.54) is 4.90 Å². The second-order valence-electron chi connectivity index (χ2n) is 3.55. The second kappa shape index (κ2) is 5.47. The van der Waals surface area contributed by atoms with Crippen molar-refractivity contribution >= 4 is 29.3 Å². The lowest BCUT2D eigenvalue weighted by atomic mass is 10.1. The van der Waals surface area contributed by atoms with Gasteiger partial charge in [-0.2, -0.15) is 0 Å². The zero-order chi connectivity index (χ0) is 12.3. The van der Waals surface area contributed by atoms with E-state index in [1.54, 1.807) is 23.5 Å². The molecule has 1 aromatic heterocycles. The molecule has 0 unspecified atom stereocenters. The molecule has 2 nitrogen and oxygen atoms in total. The van der Waals surface area contributed by atoms with Crippen LogP contribution in [-0.4, -0.2) is 17.5 Å². The van der Waals surface area contributed by atoms with Crippen LogP contribution in [0.25, 0.3) is 11.3 Å². The summed E-state index contributed by atoms with van der Waals surface area (Å²) < 4.78 is 0. The summed E-state index contributed by atoms with van der Waals surface area (Å²) >= 11 is 3.41. The Kier molecular flexibility index (Phi) is 3.97. The van der Waals surface area contributed by atoms with E-state index in [0.29, 0.717) is 5.82 Å². The smallest absolute Gasteiger partial charge is 0.125 e. The molecule has 0 atom stereocenters. The molecule has 0 aliphatic rings. The Morgan fingerprint density at radius 1 is 0.941 bits per heavy atom. The van der Waals surface area contributed by atoms with Gasteiger partial charge in [0.2, 0.25) is 0 Å². The zero-order valence-corrected chi connectivity index (χ0v) is 11.4. The number of rotatable bonds is 3. The van der Waals surface area contributed by atoms with E-state index in [9.17, 15) is 0 Å². The van der Waals surface area contributed by atoms with E-state index >= 15 is 0 Å². The highest BCUT2D eigenvalue weighted by Crippen LogP contribution is 2.26. The molecule has 0 aliphatic carbocycles. The molecule has 0 radical (unpaired) electrons. The van der Waals surface area contributed by atoms with E-state index in [-0.39, 0.29) is 0 Å². The zero-order valence-electron chi connectivity index (χ0n) is 9.81. The molecule has 1 aromatic carbocycles. The van der Waals surface area contributed by atoms with Crippen LogP contribution in [0.4, 0.5) is 5.82 Å². The molecule has 2 aromatic rings. The number of nitrogens with two attached hydrogens (primary N) is 1. The van der Waals surface area contributed by atoms with Gasteiger partial charge in [0.15, 0.2) is 0 Å². The highest BCUT2D eigenvalue weighted by molar-refractivity contribution is 7.98. The lowest BCUT2D eigenvalue weighted by Crippen LogP contribution is -1.93. The number of anilines is 1. The van der Waals surface area contributed by atoms with Crippen LogP contribution < -0.4 is 5.73 Å². The number of thioether (sulfide) groups is 2. The normalized spacial score (nSPS) is 10.5. The van der Waals surface area contributed by atoms with Gasteiger partial charge in [-0.05, 0) is 36.8 Å². The minimum Gasteiger partial charge on any atom is -0.384 e. The standard InChI is InChI=1S/C13H14N2S2/c1-16-10-5-3-9(4-6-10)12-7-11(17-2)8-13(14)15-12/h3-8H,1-2H3,(H2,14,15). The summed E-state index contributed by atoms with van der Waals surface area (Å²) in [6.45, 7) is 0. The molecule has 1 heterocycles. The first-order valence-corrected chi connectivity index (χ1v) is 7.64. The molecule has 0 bridgehead atoms. The average Bonchev–Trinajstić information content (AvgIpc) is 2.38. The molecule has 88 valence electrons. The van der Waals surface area contributed by atoms with Crippen LogP contribution in [0.1, 0.15) is 0 Å². The van der Waals surface area contributed by atoms with Crippen molar-refractivity contribution in [2.45, 2.75) is 9.79 Å². The highest BCUT2D eigenvalue weighted by atomic mass is 32.2. The highest BCUT2D eigenvalue weighted by Gasteiger charge is 2.03. The quantitative estimate of drug-likeness (QED) is 0.855. The predicted molar refractivity (Wildman–Crippen MR) is 77.6 cm³/mol. The van der Waals surface area contributed by atoms with Crippen LogP contribution in [-0.2, 0) is 0 Å². The second-order valence-corrected chi connectivity index (χ2v) is 5.30. The molecule has 2 N–H and O–H groups in total. The van der Waals surface area contributed by atoms with Gasteiger partial charge in [-0.1, -0.05) is 12.1 Å². The van der Waals surface area contributed by atoms with Crippen molar-refractivity contribution in [1.82, 2.24) is 4.98 Å². The summed E-state index contributed by atoms with van der Waals surface area (Å²) in [4.78, 5) is 6.76. The number of pyridine rings is 1. The maximum atomic E-state index is 5.80. The first-order chi connectivity index (χ1) is 8.22. The fourth-order valence-electron chi connectivity index (χ4n) is 1.55. The molecular weight excluding hydrogens is 248 g/mol. The molecule has 0 amide bonds. The molecule has 0 fully saturated rings. The van der Waals surface area contributed by atoms with Crippen molar-refractivity contribution in [1.29, 1.82) is 0 Å². The van der Waals surface area contributed by atoms with Gasteiger partial charge < -0.3 is 5.73 Å². The summed E-state index contributed by atoms with van der Waals surface area (Å²) in [5.41, 5.74) is 7.83. The summed E-state index contributed by atoms with van der Waals surface area (Å²) in [5.74, 6) is 0.570. The number of hydrogen-bond donors (Lipinski definition) is 1. The van der Waals surface area contributed by atoms with Crippen LogP contribution in [0, 0.1) is 0 Å². The van der Waals surface area contributed by atoms with Gasteiger partial charge in [0, 0.05) is 15.4 Å². The van der Waals surface area contributed by atoms with Gasteiger partial charge >= 0.3 is 0 Å². The number of nitrogen functional groups attached to an aromatic ring is 1. The summed E-state index contributed by atoms with van der Waals surface area (Å²) in [6.07, 6.45) is 4.11. The van der Waals surface area contributed by atoms with E-state index in [0.717, 1.165) is 16.2 Å². The molecule has 0 saturated carbocycles. The van der Waals surface area contributed by atoms with Crippen molar-refractivity contribution in [3.8, 4) is 11.3 Å². The van der Waals surface area contributed by atoms with E-state index < -0.39 is 0 Å². The maximum Gasteiger partial charge on any atom is 0.125 e. The van der Waals surface area contributed by atoms with Crippen LogP contribution in [0.3, 0.4) is 0 Å². The third-order valence-electron chi connectivity index (χ3n) is 2.44. The Balaban J connectivity index is 2.41. The van der Waals surface area contributed by atoms with Gasteiger partial charge in [0.25, 0.3) is 0 Å². The predicted octanol–water partition coefficient (Wildman–Crippen LogP) is 3.77. The van der Waals surface area contributed by atoms with Crippen molar-refractivity contribution in [3.05, 3.63) is 36.4 Å². The SMILES string of the molecule is CSc1ccc(-c2cc(SC)cc(N)n2)cc1. The molecule has 2 rings (SSSR count). The van der Waals surface area contributed by atoms with Gasteiger partial charge in [0.05, 0.1) is 5.69 Å². The third kappa shape index (κ3) is 2.96. The van der Waals surface area contributed by atoms with E-state index in [4.69, 9.17) is 5.73 Å². The number of aromatic nitrogens is 1. The van der Waals surface area contributed by atoms with Crippen molar-refractivity contribution in [2.75, 3.05) is 18.2 Å². The lowest BCUT2D eigenvalue weighted by Gasteiger charge is -2.05. The van der Waals surface area contributed by atoms with Crippen LogP contribution in [0.15, 0.2) is 46.2 Å². The minimum atomic E-state index is 0.570. The minimum absolute atomic E-state index is 0.570. The Hall–Kier alpha value is -1.13. The van der Waals surface area contributed by atoms with Crippen molar-refractivity contribution < 1.29 is 0 Å². The first-order valence-electron chi connectivity index (χ1n) is 5.19. The maximum absolute atomic E-state index is 5.80. The fourth-order valence-corrected chi connectivity index (χ4v) is 2.43. The Labute approximate surface area is 110 Å². The number of hydrogen-bond acceptors (Lipinski definition) is 4. The van der Waals surface area contributed by atoms with Crippen molar-refractivity contribution in [3.63, 3.8) is 0 Å². The Bertz CT molecular complexity index is 509. The molecule has 0 spiro atoms. The first kappa shape index (κ1) is 12.3. The largest absolute Gasteiger partial charge is 0.384 e. The summed E-state index contributed by atoms with van der Waals surface area (Å²) in [7, 11) is 0. The fraction of sp³-hybridized carbons (Fsp3) is 0.154. The van der Waals surface area contributed by atoms with Crippen molar-refractivity contribution in [2.24, 2.45) is 0 Å². The molecule has 17 heavy (non-hydrogen) atoms. The van der Waals surface area contributed by atoms with Gasteiger partial charge in [-0.15, -0.1) is 23.5 Å². The topological polar surface area (TPSA) is 38.9 Å². The summed E-state index contributed by atoms with van der Waals surface area (Å²) in [6, 6.07) is 12.3. The molecule has 4 heteroatoms. The van der Waals surface area contributed by atoms with Crippen LogP contribution in [0.2, 0.25) is 0 Å². The van der Waals surface area contributed by atoms with Gasteiger partial charge in [-0.3, -0.25) is 0 Å². The van der Waals surface area contributed by atoms with Gasteiger partial charge in [0.1, 0.15) is 5.82 Å². The van der Waals surface area contributed by atoms with E-state index in [1.807, 2.05) is 12.3 Å². The average molecular weight is 262 g/mol. The number of nitrogens with zero attached hydrogens (tertiary/aromatic N) is 1. The van der Waals surface area contributed by atoms with Crippen LogP contribution in [0.5, 0.6) is 0 Å².